The molecule has 1 saturated heterocycles. The zero-order chi connectivity index (χ0) is 32.2. The largest absolute Gasteiger partial charge is 0.507 e. The van der Waals surface area contributed by atoms with Crippen molar-refractivity contribution in [3.63, 3.8) is 0 Å². The number of benzene rings is 1. The Balaban J connectivity index is 1.39. The van der Waals surface area contributed by atoms with E-state index in [1.807, 2.05) is 4.90 Å². The molecule has 13 heteroatoms. The van der Waals surface area contributed by atoms with Crippen LogP contribution in [0.2, 0.25) is 0 Å². The van der Waals surface area contributed by atoms with Gasteiger partial charge in [0.1, 0.15) is 5.75 Å². The molecule has 1 aromatic carbocycles. The molecule has 8 atom stereocenters. The van der Waals surface area contributed by atoms with E-state index in [-0.39, 0.29) is 18.0 Å². The number of nitrogens with zero attached hydrogens (tertiary/aromatic N) is 2. The van der Waals surface area contributed by atoms with Crippen molar-refractivity contribution in [2.45, 2.75) is 54.6 Å². The van der Waals surface area contributed by atoms with Gasteiger partial charge in [0.25, 0.3) is 0 Å². The van der Waals surface area contributed by atoms with E-state index in [2.05, 4.69) is 5.32 Å². The molecule has 4 aliphatic carbocycles. The van der Waals surface area contributed by atoms with Crippen molar-refractivity contribution in [1.82, 2.24) is 15.1 Å². The van der Waals surface area contributed by atoms with Crippen LogP contribution in [-0.2, 0) is 23.9 Å². The first kappa shape index (κ1) is 32.3. The summed E-state index contributed by atoms with van der Waals surface area (Å²) in [6.07, 6.45) is 2.65. The maximum absolute atomic E-state index is 14.5. The summed E-state index contributed by atoms with van der Waals surface area (Å²) in [5, 5.41) is 38.1. The molecule has 1 heterocycles. The first-order valence-electron chi connectivity index (χ1n) is 15.7. The van der Waals surface area contributed by atoms with Crippen molar-refractivity contribution >= 4 is 40.8 Å². The highest BCUT2D eigenvalue weighted by Crippen LogP contribution is 2.55. The summed E-state index contributed by atoms with van der Waals surface area (Å²) in [6.45, 7) is 2.02. The quantitative estimate of drug-likeness (QED) is 0.293. The molecule has 45 heavy (non-hydrogen) atoms. The van der Waals surface area contributed by atoms with Crippen LogP contribution >= 0.6 is 11.8 Å². The van der Waals surface area contributed by atoms with Crippen LogP contribution in [0, 0.1) is 23.7 Å². The number of amides is 1. The predicted molar refractivity (Wildman–Crippen MR) is 163 cm³/mol. The molecule has 244 valence electrons. The lowest BCUT2D eigenvalue weighted by Crippen LogP contribution is -2.78. The molecule has 6 rings (SSSR count). The number of likely N-dealkylation sites (N-methyl/N-ethyl adjacent to an activating group) is 1. The third-order valence-corrected chi connectivity index (χ3v) is 12.0. The van der Waals surface area contributed by atoms with Crippen LogP contribution in [0.5, 0.6) is 5.75 Å². The van der Waals surface area contributed by atoms with E-state index in [0.717, 1.165) is 25.7 Å². The molecule has 0 spiro atoms. The summed E-state index contributed by atoms with van der Waals surface area (Å²) >= 11 is 1.69. The van der Waals surface area contributed by atoms with Crippen LogP contribution in [-0.4, -0.2) is 130 Å². The highest BCUT2D eigenvalue weighted by Gasteiger charge is 2.73. The molecule has 0 aromatic heterocycles. The van der Waals surface area contributed by atoms with Crippen molar-refractivity contribution in [1.29, 1.82) is 0 Å². The Kier molecular flexibility index (Phi) is 8.96. The van der Waals surface area contributed by atoms with Crippen LogP contribution in [0.3, 0.4) is 0 Å². The van der Waals surface area contributed by atoms with Gasteiger partial charge in [-0.05, 0) is 38.6 Å². The van der Waals surface area contributed by atoms with E-state index in [9.17, 15) is 39.3 Å². The van der Waals surface area contributed by atoms with Gasteiger partial charge in [0.15, 0.2) is 34.7 Å². The first-order valence-corrected chi connectivity index (χ1v) is 16.8. The topological polar surface area (TPSA) is 174 Å². The monoisotopic (exact) mass is 643 g/mol. The van der Waals surface area contributed by atoms with E-state index < -0.39 is 76.4 Å². The molecule has 1 amide bonds. The predicted octanol–water partition coefficient (Wildman–Crippen LogP) is -0.0247. The highest BCUT2D eigenvalue weighted by molar-refractivity contribution is 7.99. The van der Waals surface area contributed by atoms with E-state index in [1.54, 1.807) is 23.9 Å². The maximum Gasteiger partial charge on any atom is 0.239 e. The number of hydrogen-bond acceptors (Lipinski definition) is 12. The summed E-state index contributed by atoms with van der Waals surface area (Å²) in [7, 11) is 3.05. The summed E-state index contributed by atoms with van der Waals surface area (Å²) in [4.78, 5) is 73.3. The van der Waals surface area contributed by atoms with Crippen molar-refractivity contribution in [2.75, 3.05) is 52.8 Å². The molecule has 4 unspecified atom stereocenters. The Hall–Kier alpha value is -2.68. The number of phenols is 1. The fourth-order valence-corrected chi connectivity index (χ4v) is 9.84. The number of hydrogen-bond donors (Lipinski definition) is 4. The number of carbonyl (C=O) groups excluding carboxylic acids is 5. The molecule has 1 aliphatic heterocycles. The molecule has 5 aliphatic rings. The van der Waals surface area contributed by atoms with Gasteiger partial charge in [-0.1, -0.05) is 25.0 Å². The number of Topliss-reactive ketones (excluding diaryl/α,β-unsaturated/α-hetero) is 4. The van der Waals surface area contributed by atoms with Crippen LogP contribution in [0.4, 0.5) is 0 Å². The maximum atomic E-state index is 14.5. The number of ketones is 4. The summed E-state index contributed by atoms with van der Waals surface area (Å²) < 4.78 is 5.31. The van der Waals surface area contributed by atoms with Gasteiger partial charge in [-0.3, -0.25) is 33.8 Å². The first-order chi connectivity index (χ1) is 21.5. The van der Waals surface area contributed by atoms with Crippen LogP contribution < -0.4 is 5.32 Å². The van der Waals surface area contributed by atoms with E-state index in [0.29, 0.717) is 42.9 Å². The third-order valence-electron chi connectivity index (χ3n) is 10.5. The molecule has 3 saturated carbocycles. The number of thioether (sulfide) groups is 1. The minimum atomic E-state index is -2.98. The Morgan fingerprint density at radius 2 is 1.80 bits per heavy atom. The minimum Gasteiger partial charge on any atom is -0.507 e. The molecule has 1 aromatic rings. The SMILES string of the molecule is CN(C)[C@@H]1C(=O)C(C(=O)NCN2CCOCC2)C(=O)[C@@]2(O)C(=O)C3C(=O)c4c(O)cccc4[C@H](CSC4CCCC4)C3[C@H](O)C12. The Morgan fingerprint density at radius 3 is 2.47 bits per heavy atom. The van der Waals surface area contributed by atoms with Crippen molar-refractivity contribution < 1.29 is 44.0 Å². The number of carbonyl (C=O) groups is 5. The molecule has 0 bridgehead atoms. The third kappa shape index (κ3) is 5.25. The number of phenolic OH excluding ortho intramolecular Hbond substituents is 1. The summed E-state index contributed by atoms with van der Waals surface area (Å²) in [5.41, 5.74) is -2.54. The number of morpholine rings is 1. The van der Waals surface area contributed by atoms with Gasteiger partial charge in [0.05, 0.1) is 49.4 Å². The lowest BCUT2D eigenvalue weighted by atomic mass is 9.49. The second-order valence-electron chi connectivity index (χ2n) is 13.2. The van der Waals surface area contributed by atoms with Gasteiger partial charge in [-0.15, -0.1) is 0 Å². The molecule has 12 nitrogen and oxygen atoms in total. The molecule has 4 N–H and O–H groups in total. The summed E-state index contributed by atoms with van der Waals surface area (Å²) in [5.74, 6) is -11.8. The second kappa shape index (κ2) is 12.5. The average Bonchev–Trinajstić information content (AvgIpc) is 3.54. The Bertz CT molecular complexity index is 1390. The van der Waals surface area contributed by atoms with Crippen molar-refractivity contribution in [3.05, 3.63) is 29.3 Å². The number of ether oxygens (including phenoxy) is 1. The fourth-order valence-electron chi connectivity index (χ4n) is 8.29. The van der Waals surface area contributed by atoms with E-state index in [1.165, 1.54) is 25.1 Å². The van der Waals surface area contributed by atoms with E-state index >= 15 is 0 Å². The minimum absolute atomic E-state index is 0.0316. The van der Waals surface area contributed by atoms with Gasteiger partial charge in [0, 0.05) is 35.9 Å². The standard InChI is InChI=1S/C32H41N3O9S/c1-34(2)25-24-27(38)21-18(14-45-16-6-3-4-7-16)17-8-5-9-19(36)20(17)26(37)22(21)29(40)32(24,43)30(41)23(28(25)39)31(42)33-15-35-10-12-44-13-11-35/h5,8-9,16,18,21-25,27,36,38,43H,3-4,6-7,10-15H2,1-2H3,(H,33,42)/t18-,21?,22?,23?,24?,25-,27-,32-/m0/s1. The van der Waals surface area contributed by atoms with Gasteiger partial charge < -0.3 is 25.4 Å². The van der Waals surface area contributed by atoms with Gasteiger partial charge >= 0.3 is 0 Å². The van der Waals surface area contributed by atoms with Gasteiger partial charge in [-0.2, -0.15) is 11.8 Å². The second-order valence-corrected chi connectivity index (χ2v) is 14.5. The van der Waals surface area contributed by atoms with Crippen molar-refractivity contribution in [2.24, 2.45) is 23.7 Å². The van der Waals surface area contributed by atoms with E-state index in [4.69, 9.17) is 4.74 Å². The Morgan fingerprint density at radius 1 is 1.11 bits per heavy atom. The lowest BCUT2D eigenvalue weighted by molar-refractivity contribution is -0.197. The number of nitrogens with one attached hydrogen (secondary N) is 1. The van der Waals surface area contributed by atoms with Gasteiger partial charge in [0.2, 0.25) is 5.91 Å². The molecule has 0 radical (unpaired) electrons. The van der Waals surface area contributed by atoms with Crippen LogP contribution in [0.25, 0.3) is 0 Å². The van der Waals surface area contributed by atoms with Gasteiger partial charge in [-0.25, -0.2) is 0 Å². The summed E-state index contributed by atoms with van der Waals surface area (Å²) in [6, 6.07) is 3.30. The fraction of sp³-hybridized carbons (Fsp3) is 0.656. The molecular formula is C32H41N3O9S. The number of rotatable bonds is 7. The smallest absolute Gasteiger partial charge is 0.239 e. The highest BCUT2D eigenvalue weighted by atomic mass is 32.2. The van der Waals surface area contributed by atoms with Crippen molar-refractivity contribution in [3.8, 4) is 5.75 Å². The normalized spacial score (nSPS) is 35.7. The Labute approximate surface area is 265 Å². The molecule has 4 fully saturated rings. The zero-order valence-corrected chi connectivity index (χ0v) is 26.3. The zero-order valence-electron chi connectivity index (χ0n) is 25.5. The number of aliphatic hydroxyl groups is 2. The lowest BCUT2D eigenvalue weighted by Gasteiger charge is -2.56. The number of fused-ring (bicyclic) bond motifs is 3. The van der Waals surface area contributed by atoms with Crippen LogP contribution in [0.1, 0.15) is 47.5 Å². The molecular weight excluding hydrogens is 602 g/mol. The van der Waals surface area contributed by atoms with Crippen LogP contribution in [0.15, 0.2) is 18.2 Å². The number of aliphatic hydroxyl groups excluding tert-OH is 1. The number of aromatic hydroxyl groups is 1. The average molecular weight is 644 g/mol.